The summed E-state index contributed by atoms with van der Waals surface area (Å²) in [4.78, 5) is 12.1. The minimum absolute atomic E-state index is 0.0293. The Morgan fingerprint density at radius 3 is 2.86 bits per heavy atom. The van der Waals surface area contributed by atoms with E-state index in [9.17, 15) is 4.79 Å². The predicted molar refractivity (Wildman–Crippen MR) is 86.3 cm³/mol. The molecule has 1 aromatic heterocycles. The molecule has 1 aliphatic rings. The first-order valence-electron chi connectivity index (χ1n) is 7.82. The van der Waals surface area contributed by atoms with Crippen LogP contribution < -0.4 is 11.1 Å². The molecule has 116 valence electrons. The summed E-state index contributed by atoms with van der Waals surface area (Å²) in [6.45, 7) is 0.699. The molecule has 1 heterocycles. The molecule has 5 heteroatoms. The summed E-state index contributed by atoms with van der Waals surface area (Å²) in [7, 11) is 0. The topological polar surface area (TPSA) is 72.9 Å². The van der Waals surface area contributed by atoms with Gasteiger partial charge >= 0.3 is 0 Å². The summed E-state index contributed by atoms with van der Waals surface area (Å²) in [6, 6.07) is 10.3. The molecule has 1 fully saturated rings. The van der Waals surface area contributed by atoms with Crippen LogP contribution in [0.1, 0.15) is 31.2 Å². The summed E-state index contributed by atoms with van der Waals surface area (Å²) < 4.78 is 1.83. The van der Waals surface area contributed by atoms with E-state index in [1.807, 2.05) is 29.1 Å². The lowest BCUT2D eigenvalue weighted by atomic mass is 10.00. The Kier molecular flexibility index (Phi) is 4.53. The predicted octanol–water partition coefficient (Wildman–Crippen LogP) is 2.39. The molecule has 0 bridgehead atoms. The second-order valence-corrected chi connectivity index (χ2v) is 6.02. The zero-order valence-corrected chi connectivity index (χ0v) is 12.6. The molecule has 0 spiro atoms. The van der Waals surface area contributed by atoms with Gasteiger partial charge in [-0.2, -0.15) is 5.10 Å². The maximum Gasteiger partial charge on any atom is 0.224 e. The highest BCUT2D eigenvalue weighted by atomic mass is 16.1. The van der Waals surface area contributed by atoms with Crippen molar-refractivity contribution in [3.8, 4) is 0 Å². The van der Waals surface area contributed by atoms with E-state index in [2.05, 4.69) is 22.5 Å². The van der Waals surface area contributed by atoms with Crippen LogP contribution in [0.4, 0.5) is 5.69 Å². The second-order valence-electron chi connectivity index (χ2n) is 6.02. The lowest BCUT2D eigenvalue weighted by molar-refractivity contribution is -0.117. The van der Waals surface area contributed by atoms with Crippen molar-refractivity contribution in [2.75, 3.05) is 5.32 Å². The molecule has 0 unspecified atom stereocenters. The molecule has 0 radical (unpaired) electrons. The Balaban J connectivity index is 1.54. The molecule has 5 nitrogen and oxygen atoms in total. The molecular formula is C17H22N4O. The fraction of sp³-hybridized carbons (Fsp3) is 0.412. The number of rotatable bonds is 5. The number of hydrogen-bond donors (Lipinski definition) is 2. The zero-order valence-electron chi connectivity index (χ0n) is 12.6. The fourth-order valence-electron chi connectivity index (χ4n) is 3.05. The Labute approximate surface area is 130 Å². The molecule has 0 aliphatic heterocycles. The number of hydrogen-bond acceptors (Lipinski definition) is 3. The number of benzene rings is 1. The van der Waals surface area contributed by atoms with Crippen molar-refractivity contribution in [2.24, 2.45) is 11.7 Å². The monoisotopic (exact) mass is 298 g/mol. The fourth-order valence-corrected chi connectivity index (χ4v) is 3.05. The molecule has 1 saturated carbocycles. The SMILES string of the molecule is N[C@@H]1CCC[C@H]1CC(=O)Nc1cnn(Cc2ccccc2)c1. The Bertz CT molecular complexity index is 623. The van der Waals surface area contributed by atoms with Crippen molar-refractivity contribution < 1.29 is 4.79 Å². The van der Waals surface area contributed by atoms with Crippen molar-refractivity contribution in [2.45, 2.75) is 38.3 Å². The molecule has 2 atom stereocenters. The third kappa shape index (κ3) is 3.74. The smallest absolute Gasteiger partial charge is 0.224 e. The third-order valence-electron chi connectivity index (χ3n) is 4.27. The normalized spacial score (nSPS) is 21.0. The van der Waals surface area contributed by atoms with Gasteiger partial charge in [-0.05, 0) is 24.3 Å². The maximum atomic E-state index is 12.1. The minimum atomic E-state index is 0.0293. The van der Waals surface area contributed by atoms with Gasteiger partial charge in [0.15, 0.2) is 0 Å². The first-order valence-corrected chi connectivity index (χ1v) is 7.82. The average Bonchev–Trinajstić information content (AvgIpc) is 3.10. The van der Waals surface area contributed by atoms with Crippen LogP contribution in [-0.2, 0) is 11.3 Å². The van der Waals surface area contributed by atoms with Crippen LogP contribution in [0.25, 0.3) is 0 Å². The molecule has 1 amide bonds. The second kappa shape index (κ2) is 6.75. The number of nitrogens with zero attached hydrogens (tertiary/aromatic N) is 2. The van der Waals surface area contributed by atoms with Crippen molar-refractivity contribution in [1.29, 1.82) is 0 Å². The lowest BCUT2D eigenvalue weighted by Crippen LogP contribution is -2.28. The quantitative estimate of drug-likeness (QED) is 0.890. The summed E-state index contributed by atoms with van der Waals surface area (Å²) in [5, 5.41) is 7.21. The number of amides is 1. The lowest BCUT2D eigenvalue weighted by Gasteiger charge is -2.14. The summed E-state index contributed by atoms with van der Waals surface area (Å²) >= 11 is 0. The highest BCUT2D eigenvalue weighted by Crippen LogP contribution is 2.27. The first kappa shape index (κ1) is 14.8. The molecule has 2 aromatic rings. The van der Waals surface area contributed by atoms with Crippen molar-refractivity contribution in [3.63, 3.8) is 0 Å². The molecule has 3 N–H and O–H groups in total. The van der Waals surface area contributed by atoms with E-state index >= 15 is 0 Å². The van der Waals surface area contributed by atoms with Crippen molar-refractivity contribution >= 4 is 11.6 Å². The number of carbonyl (C=O) groups excluding carboxylic acids is 1. The van der Waals surface area contributed by atoms with Gasteiger partial charge in [-0.3, -0.25) is 9.48 Å². The van der Waals surface area contributed by atoms with E-state index in [0.717, 1.165) is 24.9 Å². The van der Waals surface area contributed by atoms with Gasteiger partial charge in [0.05, 0.1) is 18.4 Å². The van der Waals surface area contributed by atoms with Gasteiger partial charge in [0, 0.05) is 18.7 Å². The van der Waals surface area contributed by atoms with Gasteiger partial charge in [0.25, 0.3) is 0 Å². The maximum absolute atomic E-state index is 12.1. The summed E-state index contributed by atoms with van der Waals surface area (Å²) in [5.74, 6) is 0.348. The van der Waals surface area contributed by atoms with E-state index in [0.29, 0.717) is 18.9 Å². The third-order valence-corrected chi connectivity index (χ3v) is 4.27. The molecule has 1 aromatic carbocycles. The molecular weight excluding hydrogens is 276 g/mol. The van der Waals surface area contributed by atoms with Gasteiger partial charge in [-0.1, -0.05) is 36.8 Å². The largest absolute Gasteiger partial charge is 0.327 e. The van der Waals surface area contributed by atoms with Gasteiger partial charge in [0.2, 0.25) is 5.91 Å². The van der Waals surface area contributed by atoms with Crippen LogP contribution in [0.2, 0.25) is 0 Å². The standard InChI is InChI=1S/C17H22N4O/c18-16-8-4-7-14(16)9-17(22)20-15-10-19-21(12-15)11-13-5-2-1-3-6-13/h1-3,5-6,10,12,14,16H,4,7-9,11,18H2,(H,20,22)/t14-,16+/m0/s1. The van der Waals surface area contributed by atoms with Crippen LogP contribution in [-0.4, -0.2) is 21.7 Å². The molecule has 22 heavy (non-hydrogen) atoms. The van der Waals surface area contributed by atoms with E-state index < -0.39 is 0 Å². The number of aromatic nitrogens is 2. The molecule has 0 saturated heterocycles. The first-order chi connectivity index (χ1) is 10.7. The van der Waals surface area contributed by atoms with Gasteiger partial charge in [0.1, 0.15) is 0 Å². The molecule has 1 aliphatic carbocycles. The summed E-state index contributed by atoms with van der Waals surface area (Å²) in [6.07, 6.45) is 7.28. The Morgan fingerprint density at radius 1 is 1.32 bits per heavy atom. The highest BCUT2D eigenvalue weighted by molar-refractivity contribution is 5.90. The van der Waals surface area contributed by atoms with Gasteiger partial charge < -0.3 is 11.1 Å². The highest BCUT2D eigenvalue weighted by Gasteiger charge is 2.26. The van der Waals surface area contributed by atoms with E-state index in [1.165, 1.54) is 5.56 Å². The van der Waals surface area contributed by atoms with E-state index in [-0.39, 0.29) is 11.9 Å². The van der Waals surface area contributed by atoms with E-state index in [1.54, 1.807) is 6.20 Å². The number of nitrogens with two attached hydrogens (primary N) is 1. The number of anilines is 1. The number of carbonyl (C=O) groups is 1. The van der Waals surface area contributed by atoms with Gasteiger partial charge in [-0.15, -0.1) is 0 Å². The van der Waals surface area contributed by atoms with Crippen molar-refractivity contribution in [3.05, 3.63) is 48.3 Å². The van der Waals surface area contributed by atoms with Crippen LogP contribution in [0.5, 0.6) is 0 Å². The van der Waals surface area contributed by atoms with Crippen LogP contribution in [0.3, 0.4) is 0 Å². The van der Waals surface area contributed by atoms with Crippen LogP contribution in [0.15, 0.2) is 42.7 Å². The zero-order chi connectivity index (χ0) is 15.4. The van der Waals surface area contributed by atoms with E-state index in [4.69, 9.17) is 5.73 Å². The van der Waals surface area contributed by atoms with Gasteiger partial charge in [-0.25, -0.2) is 0 Å². The Morgan fingerprint density at radius 2 is 2.14 bits per heavy atom. The van der Waals surface area contributed by atoms with Crippen LogP contribution in [0, 0.1) is 5.92 Å². The Hall–Kier alpha value is -2.14. The minimum Gasteiger partial charge on any atom is -0.327 e. The van der Waals surface area contributed by atoms with Crippen molar-refractivity contribution in [1.82, 2.24) is 9.78 Å². The molecule has 3 rings (SSSR count). The average molecular weight is 298 g/mol. The van der Waals surface area contributed by atoms with Crippen LogP contribution >= 0.6 is 0 Å². The summed E-state index contributed by atoms with van der Waals surface area (Å²) in [5.41, 5.74) is 7.94. The number of nitrogens with one attached hydrogen (secondary N) is 1.